The Balaban J connectivity index is 1.83. The number of carboxylic acids is 1. The molecule has 0 atom stereocenters. The predicted octanol–water partition coefficient (Wildman–Crippen LogP) is -0.507. The van der Waals surface area contributed by atoms with Gasteiger partial charge >= 0.3 is 11.7 Å². The molecular formula is C11H14N4O6. The van der Waals surface area contributed by atoms with Gasteiger partial charge in [0.2, 0.25) is 5.91 Å². The number of hydrogen-bond acceptors (Lipinski definition) is 6. The Hall–Kier alpha value is -2.49. The quantitative estimate of drug-likeness (QED) is 0.553. The smallest absolute Gasteiger partial charge is 0.329 e. The molecule has 1 N–H and O–H groups in total. The van der Waals surface area contributed by atoms with E-state index in [-0.39, 0.29) is 31.2 Å². The molecule has 10 heteroatoms. The van der Waals surface area contributed by atoms with Crippen LogP contribution in [0.2, 0.25) is 0 Å². The highest BCUT2D eigenvalue weighted by Gasteiger charge is 2.42. The van der Waals surface area contributed by atoms with Crippen LogP contribution >= 0.6 is 0 Å². The number of amides is 1. The Morgan fingerprint density at radius 2 is 2.24 bits per heavy atom. The molecule has 0 spiro atoms. The normalized spacial score (nSPS) is 16.3. The molecule has 1 aromatic rings. The van der Waals surface area contributed by atoms with Crippen molar-refractivity contribution >= 4 is 17.6 Å². The van der Waals surface area contributed by atoms with Crippen molar-refractivity contribution in [3.05, 3.63) is 22.5 Å². The van der Waals surface area contributed by atoms with Crippen molar-refractivity contribution in [3.8, 4) is 0 Å². The summed E-state index contributed by atoms with van der Waals surface area (Å²) in [6, 6.07) is 0. The van der Waals surface area contributed by atoms with E-state index < -0.39 is 23.1 Å². The number of likely N-dealkylation sites (tertiary alicyclic amines) is 1. The van der Waals surface area contributed by atoms with Crippen molar-refractivity contribution in [1.82, 2.24) is 14.7 Å². The van der Waals surface area contributed by atoms with Gasteiger partial charge < -0.3 is 14.7 Å². The topological polar surface area (TPSA) is 128 Å². The maximum Gasteiger partial charge on any atom is 0.329 e. The van der Waals surface area contributed by atoms with Crippen LogP contribution in [0.3, 0.4) is 0 Å². The number of hydrogen-bond donors (Lipinski definition) is 1. The second-order valence-corrected chi connectivity index (χ2v) is 5.04. The molecule has 1 aromatic heterocycles. The Bertz CT molecular complexity index is 577. The number of ether oxygens (including phenoxy) is 1. The van der Waals surface area contributed by atoms with Crippen LogP contribution < -0.4 is 0 Å². The van der Waals surface area contributed by atoms with Crippen LogP contribution in [-0.4, -0.2) is 61.9 Å². The largest absolute Gasteiger partial charge is 0.480 e. The van der Waals surface area contributed by atoms with Gasteiger partial charge in [0.05, 0.1) is 18.0 Å². The first-order valence-electron chi connectivity index (χ1n) is 6.09. The lowest BCUT2D eigenvalue weighted by atomic mass is 9.96. The predicted molar refractivity (Wildman–Crippen MR) is 67.5 cm³/mol. The van der Waals surface area contributed by atoms with Gasteiger partial charge in [-0.2, -0.15) is 5.10 Å². The summed E-state index contributed by atoms with van der Waals surface area (Å²) in [5.74, 6) is -1.32. The SMILES string of the molecule is CC1(OCC(=O)O)CN(C(=O)Cn2cc([N+](=O)[O-])cn2)C1. The van der Waals surface area contributed by atoms with Crippen molar-refractivity contribution in [2.24, 2.45) is 0 Å². The molecular weight excluding hydrogens is 284 g/mol. The molecule has 2 rings (SSSR count). The maximum absolute atomic E-state index is 11.9. The van der Waals surface area contributed by atoms with Crippen LogP contribution in [-0.2, 0) is 20.9 Å². The molecule has 21 heavy (non-hydrogen) atoms. The van der Waals surface area contributed by atoms with Crippen LogP contribution in [0.1, 0.15) is 6.92 Å². The molecule has 1 fully saturated rings. The van der Waals surface area contributed by atoms with Gasteiger partial charge in [-0.1, -0.05) is 0 Å². The molecule has 1 saturated heterocycles. The second-order valence-electron chi connectivity index (χ2n) is 5.04. The molecule has 114 valence electrons. The minimum Gasteiger partial charge on any atom is -0.480 e. The molecule has 1 amide bonds. The summed E-state index contributed by atoms with van der Waals surface area (Å²) >= 11 is 0. The first-order chi connectivity index (χ1) is 9.79. The first kappa shape index (κ1) is 14.9. The van der Waals surface area contributed by atoms with E-state index in [0.29, 0.717) is 0 Å². The number of carboxylic acid groups (broad SMARTS) is 1. The molecule has 0 aliphatic carbocycles. The van der Waals surface area contributed by atoms with E-state index >= 15 is 0 Å². The monoisotopic (exact) mass is 298 g/mol. The number of rotatable bonds is 6. The number of carbonyl (C=O) groups excluding carboxylic acids is 1. The van der Waals surface area contributed by atoms with E-state index in [1.54, 1.807) is 6.92 Å². The first-order valence-corrected chi connectivity index (χ1v) is 6.09. The summed E-state index contributed by atoms with van der Waals surface area (Å²) in [5, 5.41) is 22.8. The number of carbonyl (C=O) groups is 2. The lowest BCUT2D eigenvalue weighted by Gasteiger charge is -2.47. The van der Waals surface area contributed by atoms with Gasteiger partial charge in [0, 0.05) is 0 Å². The van der Waals surface area contributed by atoms with Crippen molar-refractivity contribution in [2.45, 2.75) is 19.1 Å². The van der Waals surface area contributed by atoms with E-state index in [0.717, 1.165) is 6.20 Å². The van der Waals surface area contributed by atoms with Crippen LogP contribution in [0.4, 0.5) is 5.69 Å². The summed E-state index contributed by atoms with van der Waals surface area (Å²) in [5.41, 5.74) is -0.842. The van der Waals surface area contributed by atoms with E-state index in [2.05, 4.69) is 5.10 Å². The number of nitrogens with zero attached hydrogens (tertiary/aromatic N) is 4. The third-order valence-electron chi connectivity index (χ3n) is 3.08. The summed E-state index contributed by atoms with van der Waals surface area (Å²) in [4.78, 5) is 33.7. The number of nitro groups is 1. The van der Waals surface area contributed by atoms with E-state index in [1.807, 2.05) is 0 Å². The average molecular weight is 298 g/mol. The van der Waals surface area contributed by atoms with Crippen molar-refractivity contribution in [1.29, 1.82) is 0 Å². The molecule has 10 nitrogen and oxygen atoms in total. The maximum atomic E-state index is 11.9. The molecule has 1 aliphatic heterocycles. The highest BCUT2D eigenvalue weighted by Crippen LogP contribution is 2.24. The highest BCUT2D eigenvalue weighted by atomic mass is 16.6. The van der Waals surface area contributed by atoms with E-state index in [4.69, 9.17) is 9.84 Å². The summed E-state index contributed by atoms with van der Waals surface area (Å²) in [6.45, 7) is 1.76. The molecule has 0 radical (unpaired) electrons. The van der Waals surface area contributed by atoms with Gasteiger partial charge in [-0.15, -0.1) is 0 Å². The molecule has 1 aliphatic rings. The third kappa shape index (κ3) is 3.54. The van der Waals surface area contributed by atoms with Crippen LogP contribution in [0.15, 0.2) is 12.4 Å². The van der Waals surface area contributed by atoms with Gasteiger partial charge in [-0.05, 0) is 6.92 Å². The number of aliphatic carboxylic acids is 1. The molecule has 0 bridgehead atoms. The molecule has 0 aromatic carbocycles. The lowest BCUT2D eigenvalue weighted by molar-refractivity contribution is -0.385. The fraction of sp³-hybridized carbons (Fsp3) is 0.545. The fourth-order valence-corrected chi connectivity index (χ4v) is 2.04. The standard InChI is InChI=1S/C11H14N4O6/c1-11(21-5-10(17)18)6-13(7-11)9(16)4-14-3-8(2-12-14)15(19)20/h2-3H,4-7H2,1H3,(H,17,18). The van der Waals surface area contributed by atoms with E-state index in [9.17, 15) is 19.7 Å². The van der Waals surface area contributed by atoms with E-state index in [1.165, 1.54) is 15.8 Å². The fourth-order valence-electron chi connectivity index (χ4n) is 2.04. The summed E-state index contributed by atoms with van der Waals surface area (Å²) in [7, 11) is 0. The Kier molecular flexibility index (Phi) is 3.89. The van der Waals surface area contributed by atoms with Gasteiger partial charge in [0.25, 0.3) is 0 Å². The second kappa shape index (κ2) is 5.48. The minimum absolute atomic E-state index is 0.108. The lowest BCUT2D eigenvalue weighted by Crippen LogP contribution is -2.63. The molecule has 0 unspecified atom stereocenters. The molecule has 0 saturated carbocycles. The van der Waals surface area contributed by atoms with Crippen molar-refractivity contribution in [2.75, 3.05) is 19.7 Å². The molecule has 2 heterocycles. The van der Waals surface area contributed by atoms with Gasteiger partial charge in [0.1, 0.15) is 31.1 Å². The zero-order valence-electron chi connectivity index (χ0n) is 11.3. The third-order valence-corrected chi connectivity index (χ3v) is 3.08. The Labute approximate surface area is 119 Å². The summed E-state index contributed by atoms with van der Waals surface area (Å²) in [6.07, 6.45) is 2.25. The Morgan fingerprint density at radius 1 is 1.57 bits per heavy atom. The van der Waals surface area contributed by atoms with Crippen LogP contribution in [0.25, 0.3) is 0 Å². The zero-order valence-corrected chi connectivity index (χ0v) is 11.3. The zero-order chi connectivity index (χ0) is 15.6. The van der Waals surface area contributed by atoms with Crippen LogP contribution in [0, 0.1) is 10.1 Å². The van der Waals surface area contributed by atoms with Crippen molar-refractivity contribution < 1.29 is 24.4 Å². The van der Waals surface area contributed by atoms with Crippen LogP contribution in [0.5, 0.6) is 0 Å². The van der Waals surface area contributed by atoms with Crippen molar-refractivity contribution in [3.63, 3.8) is 0 Å². The highest BCUT2D eigenvalue weighted by molar-refractivity contribution is 5.77. The van der Waals surface area contributed by atoms with Gasteiger partial charge in [-0.25, -0.2) is 4.79 Å². The van der Waals surface area contributed by atoms with Gasteiger partial charge in [0.15, 0.2) is 0 Å². The van der Waals surface area contributed by atoms with Gasteiger partial charge in [-0.3, -0.25) is 19.6 Å². The summed E-state index contributed by atoms with van der Waals surface area (Å²) < 4.78 is 6.38. The average Bonchev–Trinajstić information content (AvgIpc) is 2.81. The minimum atomic E-state index is -1.06. The Morgan fingerprint density at radius 3 is 2.76 bits per heavy atom. The number of aromatic nitrogens is 2.